The Hall–Kier alpha value is -1.03. The summed E-state index contributed by atoms with van der Waals surface area (Å²) in [7, 11) is 0. The highest BCUT2D eigenvalue weighted by molar-refractivity contribution is 7.16. The fourth-order valence-corrected chi connectivity index (χ4v) is 3.76. The van der Waals surface area contributed by atoms with Crippen LogP contribution >= 0.6 is 34.5 Å². The molecule has 0 aliphatic heterocycles. The molecule has 110 valence electrons. The molecule has 2 heterocycles. The number of fused-ring (bicyclic) bond motifs is 1. The van der Waals surface area contributed by atoms with Crippen LogP contribution in [0.1, 0.15) is 16.3 Å². The Bertz CT molecular complexity index is 761. The van der Waals surface area contributed by atoms with Crippen LogP contribution in [0.2, 0.25) is 4.34 Å². The second-order valence-corrected chi connectivity index (χ2v) is 7.24. The summed E-state index contributed by atoms with van der Waals surface area (Å²) in [5.74, 6) is 1.65. The molecular weight excluding hydrogens is 323 g/mol. The fraction of sp³-hybridized carbons (Fsp3) is 0.312. The zero-order chi connectivity index (χ0) is 14.8. The van der Waals surface area contributed by atoms with Gasteiger partial charge in [0.2, 0.25) is 0 Å². The molecule has 2 nitrogen and oxygen atoms in total. The molecular formula is C16H16Cl2N2S. The normalized spacial score (nSPS) is 11.4. The molecule has 0 aliphatic rings. The van der Waals surface area contributed by atoms with Crippen molar-refractivity contribution < 1.29 is 0 Å². The van der Waals surface area contributed by atoms with Gasteiger partial charge in [0.15, 0.2) is 0 Å². The van der Waals surface area contributed by atoms with Crippen molar-refractivity contribution in [2.75, 3.05) is 5.88 Å². The summed E-state index contributed by atoms with van der Waals surface area (Å²) in [6.07, 6.45) is 1.76. The predicted molar refractivity (Wildman–Crippen MR) is 91.9 cm³/mol. The van der Waals surface area contributed by atoms with E-state index in [9.17, 15) is 0 Å². The molecule has 0 N–H and O–H groups in total. The van der Waals surface area contributed by atoms with E-state index >= 15 is 0 Å². The van der Waals surface area contributed by atoms with Crippen LogP contribution in [0.5, 0.6) is 0 Å². The first-order valence-electron chi connectivity index (χ1n) is 6.93. The second kappa shape index (κ2) is 6.39. The molecule has 0 saturated heterocycles. The quantitative estimate of drug-likeness (QED) is 0.593. The van der Waals surface area contributed by atoms with E-state index < -0.39 is 0 Å². The number of halogens is 2. The van der Waals surface area contributed by atoms with Crippen molar-refractivity contribution >= 4 is 45.6 Å². The monoisotopic (exact) mass is 338 g/mol. The molecule has 0 fully saturated rings. The van der Waals surface area contributed by atoms with E-state index in [1.165, 1.54) is 16.0 Å². The number of aryl methyl sites for hydroxylation is 4. The van der Waals surface area contributed by atoms with E-state index in [1.54, 1.807) is 11.3 Å². The minimum absolute atomic E-state index is 0.590. The lowest BCUT2D eigenvalue weighted by Crippen LogP contribution is -2.06. The van der Waals surface area contributed by atoms with Gasteiger partial charge in [0.1, 0.15) is 5.82 Å². The van der Waals surface area contributed by atoms with Crippen LogP contribution < -0.4 is 0 Å². The molecule has 0 unspecified atom stereocenters. The van der Waals surface area contributed by atoms with E-state index in [0.29, 0.717) is 5.88 Å². The van der Waals surface area contributed by atoms with Gasteiger partial charge < -0.3 is 4.57 Å². The number of imidazole rings is 1. The highest BCUT2D eigenvalue weighted by Gasteiger charge is 2.11. The van der Waals surface area contributed by atoms with Gasteiger partial charge in [0, 0.05) is 23.7 Å². The minimum atomic E-state index is 0.590. The van der Waals surface area contributed by atoms with E-state index in [4.69, 9.17) is 28.2 Å². The summed E-state index contributed by atoms with van der Waals surface area (Å²) in [6, 6.07) is 10.4. The number of thiophene rings is 1. The predicted octanol–water partition coefficient (Wildman–Crippen LogP) is 5.08. The molecule has 0 radical (unpaired) electrons. The third-order valence-corrected chi connectivity index (χ3v) is 4.99. The standard InChI is InChI=1S/C16H16Cl2N2S/c1-11-2-4-13-14(10-11)20(16(19-13)6-8-17)9-7-12-3-5-15(18)21-12/h2-5,10H,6-9H2,1H3. The Balaban J connectivity index is 1.94. The van der Waals surface area contributed by atoms with Gasteiger partial charge >= 0.3 is 0 Å². The van der Waals surface area contributed by atoms with Crippen LogP contribution in [0.25, 0.3) is 11.0 Å². The second-order valence-electron chi connectivity index (χ2n) is 5.07. The average Bonchev–Trinajstić information content (AvgIpc) is 3.01. The van der Waals surface area contributed by atoms with Crippen molar-refractivity contribution in [1.82, 2.24) is 9.55 Å². The molecule has 21 heavy (non-hydrogen) atoms. The summed E-state index contributed by atoms with van der Waals surface area (Å²) >= 11 is 13.6. The first-order chi connectivity index (χ1) is 10.2. The maximum atomic E-state index is 6.00. The van der Waals surface area contributed by atoms with Crippen molar-refractivity contribution in [2.45, 2.75) is 26.3 Å². The topological polar surface area (TPSA) is 17.8 Å². The highest BCUT2D eigenvalue weighted by atomic mass is 35.5. The Morgan fingerprint density at radius 3 is 2.76 bits per heavy atom. The van der Waals surface area contributed by atoms with Crippen LogP contribution in [0, 0.1) is 6.92 Å². The van der Waals surface area contributed by atoms with Gasteiger partial charge in [-0.25, -0.2) is 4.98 Å². The number of aromatic nitrogens is 2. The van der Waals surface area contributed by atoms with Crippen molar-refractivity contribution in [3.63, 3.8) is 0 Å². The summed E-state index contributed by atoms with van der Waals surface area (Å²) in [4.78, 5) is 6.01. The molecule has 0 saturated carbocycles. The van der Waals surface area contributed by atoms with Crippen LogP contribution in [0.3, 0.4) is 0 Å². The molecule has 5 heteroatoms. The summed E-state index contributed by atoms with van der Waals surface area (Å²) in [5, 5.41) is 0. The molecule has 3 aromatic rings. The molecule has 0 atom stereocenters. The third kappa shape index (κ3) is 3.25. The van der Waals surface area contributed by atoms with Gasteiger partial charge in [-0.15, -0.1) is 22.9 Å². The van der Waals surface area contributed by atoms with Crippen molar-refractivity contribution in [1.29, 1.82) is 0 Å². The first kappa shape index (κ1) is 14.9. The lowest BCUT2D eigenvalue weighted by atomic mass is 10.2. The molecule has 0 spiro atoms. The summed E-state index contributed by atoms with van der Waals surface area (Å²) in [6.45, 7) is 3.01. The Morgan fingerprint density at radius 2 is 2.05 bits per heavy atom. The van der Waals surface area contributed by atoms with Crippen molar-refractivity contribution in [2.24, 2.45) is 0 Å². The van der Waals surface area contributed by atoms with E-state index in [-0.39, 0.29) is 0 Å². The third-order valence-electron chi connectivity index (χ3n) is 3.51. The average molecular weight is 339 g/mol. The first-order valence-corrected chi connectivity index (χ1v) is 8.66. The van der Waals surface area contributed by atoms with E-state index in [2.05, 4.69) is 35.8 Å². The number of benzene rings is 1. The van der Waals surface area contributed by atoms with Crippen LogP contribution in [-0.4, -0.2) is 15.4 Å². The van der Waals surface area contributed by atoms with Crippen LogP contribution in [-0.2, 0) is 19.4 Å². The van der Waals surface area contributed by atoms with Gasteiger partial charge in [-0.3, -0.25) is 0 Å². The molecule has 2 aromatic heterocycles. The number of alkyl halides is 1. The Labute approximate surface area is 138 Å². The molecule has 0 aliphatic carbocycles. The fourth-order valence-electron chi connectivity index (χ4n) is 2.52. The lowest BCUT2D eigenvalue weighted by molar-refractivity contribution is 0.679. The van der Waals surface area contributed by atoms with Crippen molar-refractivity contribution in [3.05, 3.63) is 50.9 Å². The van der Waals surface area contributed by atoms with E-state index in [0.717, 1.165) is 35.1 Å². The zero-order valence-electron chi connectivity index (χ0n) is 11.8. The number of hydrogen-bond acceptors (Lipinski definition) is 2. The van der Waals surface area contributed by atoms with Gasteiger partial charge in [-0.05, 0) is 43.2 Å². The van der Waals surface area contributed by atoms with Crippen molar-refractivity contribution in [3.8, 4) is 0 Å². The maximum absolute atomic E-state index is 6.00. The SMILES string of the molecule is Cc1ccc2nc(CCCl)n(CCc3ccc(Cl)s3)c2c1. The minimum Gasteiger partial charge on any atom is -0.328 e. The molecule has 3 rings (SSSR count). The Kier molecular flexibility index (Phi) is 4.53. The van der Waals surface area contributed by atoms with Gasteiger partial charge in [0.25, 0.3) is 0 Å². The molecule has 1 aromatic carbocycles. The molecule has 0 amide bonds. The lowest BCUT2D eigenvalue weighted by Gasteiger charge is -2.08. The summed E-state index contributed by atoms with van der Waals surface area (Å²) < 4.78 is 3.13. The molecule has 0 bridgehead atoms. The summed E-state index contributed by atoms with van der Waals surface area (Å²) in [5.41, 5.74) is 3.49. The number of nitrogens with zero attached hydrogens (tertiary/aromatic N) is 2. The maximum Gasteiger partial charge on any atom is 0.111 e. The smallest absolute Gasteiger partial charge is 0.111 e. The largest absolute Gasteiger partial charge is 0.328 e. The van der Waals surface area contributed by atoms with Crippen LogP contribution in [0.4, 0.5) is 0 Å². The number of rotatable bonds is 5. The van der Waals surface area contributed by atoms with Gasteiger partial charge in [-0.1, -0.05) is 17.7 Å². The van der Waals surface area contributed by atoms with E-state index in [1.807, 2.05) is 6.07 Å². The zero-order valence-corrected chi connectivity index (χ0v) is 14.1. The van der Waals surface area contributed by atoms with Gasteiger partial charge in [-0.2, -0.15) is 0 Å². The highest BCUT2D eigenvalue weighted by Crippen LogP contribution is 2.24. The van der Waals surface area contributed by atoms with Crippen LogP contribution in [0.15, 0.2) is 30.3 Å². The Morgan fingerprint density at radius 1 is 1.19 bits per heavy atom. The number of hydrogen-bond donors (Lipinski definition) is 0. The van der Waals surface area contributed by atoms with Gasteiger partial charge in [0.05, 0.1) is 15.4 Å².